The van der Waals surface area contributed by atoms with Crippen molar-refractivity contribution in [2.75, 3.05) is 17.4 Å². The van der Waals surface area contributed by atoms with Gasteiger partial charge in [0.15, 0.2) is 11.7 Å². The zero-order chi connectivity index (χ0) is 25.3. The first kappa shape index (κ1) is 23.7. The highest BCUT2D eigenvalue weighted by atomic mass is 32.2. The van der Waals surface area contributed by atoms with Crippen molar-refractivity contribution >= 4 is 32.7 Å². The Morgan fingerprint density at radius 2 is 1.81 bits per heavy atom. The summed E-state index contributed by atoms with van der Waals surface area (Å²) < 4.78 is 41.2. The van der Waals surface area contributed by atoms with Crippen molar-refractivity contribution in [3.8, 4) is 5.75 Å². The second-order valence-corrected chi connectivity index (χ2v) is 10.2. The van der Waals surface area contributed by atoms with Crippen LogP contribution in [0.3, 0.4) is 0 Å². The van der Waals surface area contributed by atoms with Crippen LogP contribution < -0.4 is 20.1 Å². The van der Waals surface area contributed by atoms with E-state index in [-0.39, 0.29) is 17.0 Å². The molecule has 1 aromatic heterocycles. The number of aryl methyl sites for hydroxylation is 1. The maximum atomic E-state index is 13.7. The SMILES string of the molecule is CCn1c(=O)oc2cc(S(=O)(=O)N3C[C@@H](C(=O)NCCc4ccccc4)Oc4ccccc43)ccc21. The molecular weight excluding hydrogens is 482 g/mol. The summed E-state index contributed by atoms with van der Waals surface area (Å²) >= 11 is 0. The average molecular weight is 508 g/mol. The highest BCUT2D eigenvalue weighted by molar-refractivity contribution is 7.92. The molecule has 1 aliphatic heterocycles. The van der Waals surface area contributed by atoms with E-state index in [1.807, 2.05) is 30.3 Å². The number of hydrogen-bond acceptors (Lipinski definition) is 6. The first-order valence-corrected chi connectivity index (χ1v) is 13.1. The standard InChI is InChI=1S/C26H25N3O6S/c1-2-28-20-13-12-19(16-23(20)35-26(28)31)36(32,33)29-17-24(34-22-11-7-6-10-21(22)29)25(30)27-15-14-18-8-4-3-5-9-18/h3-13,16,24H,2,14-15,17H2,1H3,(H,27,30)/t24-/m0/s1. The van der Waals surface area contributed by atoms with Gasteiger partial charge in [0.2, 0.25) is 0 Å². The summed E-state index contributed by atoms with van der Waals surface area (Å²) in [4.78, 5) is 25.0. The fourth-order valence-corrected chi connectivity index (χ4v) is 5.78. The molecular formula is C26H25N3O6S. The highest BCUT2D eigenvalue weighted by Gasteiger charge is 2.37. The van der Waals surface area contributed by atoms with E-state index in [1.54, 1.807) is 37.3 Å². The molecule has 0 bridgehead atoms. The number of aromatic nitrogens is 1. The summed E-state index contributed by atoms with van der Waals surface area (Å²) in [5, 5.41) is 2.85. The Hall–Kier alpha value is -4.05. The lowest BCUT2D eigenvalue weighted by Crippen LogP contribution is -2.51. The quantitative estimate of drug-likeness (QED) is 0.412. The molecule has 1 atom stereocenters. The Kier molecular flexibility index (Phi) is 6.27. The molecule has 0 saturated heterocycles. The van der Waals surface area contributed by atoms with Crippen LogP contribution in [0.2, 0.25) is 0 Å². The second kappa shape index (κ2) is 9.54. The van der Waals surface area contributed by atoms with Gasteiger partial charge < -0.3 is 14.5 Å². The van der Waals surface area contributed by atoms with Gasteiger partial charge in [0.25, 0.3) is 15.9 Å². The van der Waals surface area contributed by atoms with Crippen molar-refractivity contribution < 1.29 is 22.4 Å². The minimum Gasteiger partial charge on any atom is -0.476 e. The molecule has 3 aromatic carbocycles. The molecule has 10 heteroatoms. The lowest BCUT2D eigenvalue weighted by Gasteiger charge is -2.34. The Morgan fingerprint density at radius 3 is 2.58 bits per heavy atom. The number of oxazole rings is 1. The highest BCUT2D eigenvalue weighted by Crippen LogP contribution is 2.37. The van der Waals surface area contributed by atoms with Crippen LogP contribution in [0.1, 0.15) is 12.5 Å². The van der Waals surface area contributed by atoms with E-state index in [0.717, 1.165) is 5.56 Å². The van der Waals surface area contributed by atoms with Gasteiger partial charge >= 0.3 is 5.76 Å². The number of benzene rings is 3. The third-order valence-electron chi connectivity index (χ3n) is 6.13. The fraction of sp³-hybridized carbons (Fsp3) is 0.231. The predicted octanol–water partition coefficient (Wildman–Crippen LogP) is 2.93. The molecule has 1 aliphatic rings. The second-order valence-electron chi connectivity index (χ2n) is 8.38. The third kappa shape index (κ3) is 4.35. The Morgan fingerprint density at radius 1 is 1.06 bits per heavy atom. The van der Waals surface area contributed by atoms with Crippen molar-refractivity contribution in [2.45, 2.75) is 30.9 Å². The summed E-state index contributed by atoms with van der Waals surface area (Å²) in [6, 6.07) is 20.7. The van der Waals surface area contributed by atoms with Gasteiger partial charge in [-0.1, -0.05) is 42.5 Å². The predicted molar refractivity (Wildman–Crippen MR) is 135 cm³/mol. The van der Waals surface area contributed by atoms with Gasteiger partial charge in [0, 0.05) is 19.2 Å². The van der Waals surface area contributed by atoms with E-state index in [2.05, 4.69) is 5.32 Å². The van der Waals surface area contributed by atoms with Crippen molar-refractivity contribution in [3.63, 3.8) is 0 Å². The maximum Gasteiger partial charge on any atom is 0.419 e. The molecule has 0 radical (unpaired) electrons. The van der Waals surface area contributed by atoms with Crippen LogP contribution in [0.4, 0.5) is 5.69 Å². The number of para-hydroxylation sites is 2. The molecule has 1 N–H and O–H groups in total. The number of carbonyl (C=O) groups is 1. The van der Waals surface area contributed by atoms with Gasteiger partial charge in [-0.2, -0.15) is 0 Å². The smallest absolute Gasteiger partial charge is 0.419 e. The number of rotatable bonds is 7. The lowest BCUT2D eigenvalue weighted by molar-refractivity contribution is -0.127. The van der Waals surface area contributed by atoms with E-state index < -0.39 is 27.8 Å². The van der Waals surface area contributed by atoms with E-state index in [0.29, 0.717) is 36.5 Å². The van der Waals surface area contributed by atoms with Crippen LogP contribution in [-0.4, -0.2) is 38.1 Å². The molecule has 5 rings (SSSR count). The van der Waals surface area contributed by atoms with E-state index >= 15 is 0 Å². The van der Waals surface area contributed by atoms with Crippen molar-refractivity contribution in [1.29, 1.82) is 0 Å². The number of ether oxygens (including phenoxy) is 1. The number of carbonyl (C=O) groups excluding carboxylic acids is 1. The molecule has 0 aliphatic carbocycles. The molecule has 1 amide bonds. The topological polar surface area (TPSA) is 111 Å². The number of nitrogens with one attached hydrogen (secondary N) is 1. The first-order valence-electron chi connectivity index (χ1n) is 11.6. The number of anilines is 1. The van der Waals surface area contributed by atoms with Crippen LogP contribution in [0, 0.1) is 0 Å². The van der Waals surface area contributed by atoms with Crippen LogP contribution in [0.5, 0.6) is 5.75 Å². The number of sulfonamides is 1. The number of hydrogen-bond donors (Lipinski definition) is 1. The molecule has 4 aromatic rings. The zero-order valence-electron chi connectivity index (χ0n) is 19.6. The van der Waals surface area contributed by atoms with Crippen molar-refractivity contribution in [2.24, 2.45) is 0 Å². The van der Waals surface area contributed by atoms with E-state index in [1.165, 1.54) is 21.0 Å². The first-order chi connectivity index (χ1) is 17.4. The van der Waals surface area contributed by atoms with Gasteiger partial charge in [0.05, 0.1) is 22.6 Å². The largest absolute Gasteiger partial charge is 0.476 e. The summed E-state index contributed by atoms with van der Waals surface area (Å²) in [6.07, 6.45) is -0.395. The van der Waals surface area contributed by atoms with Crippen LogP contribution in [0.25, 0.3) is 11.1 Å². The van der Waals surface area contributed by atoms with Gasteiger partial charge in [-0.25, -0.2) is 13.2 Å². The molecule has 0 spiro atoms. The molecule has 9 nitrogen and oxygen atoms in total. The fourth-order valence-electron chi connectivity index (χ4n) is 4.29. The minimum absolute atomic E-state index is 0.0491. The maximum absolute atomic E-state index is 13.7. The van der Waals surface area contributed by atoms with Gasteiger partial charge in [-0.3, -0.25) is 13.7 Å². The monoisotopic (exact) mass is 507 g/mol. The minimum atomic E-state index is -4.11. The van der Waals surface area contributed by atoms with Gasteiger partial charge in [0.1, 0.15) is 5.75 Å². The molecule has 186 valence electrons. The molecule has 0 unspecified atom stereocenters. The number of fused-ring (bicyclic) bond motifs is 2. The Labute approximate surface area is 208 Å². The average Bonchev–Trinajstić information content (AvgIpc) is 3.22. The zero-order valence-corrected chi connectivity index (χ0v) is 20.4. The summed E-state index contributed by atoms with van der Waals surface area (Å²) in [6.45, 7) is 2.39. The van der Waals surface area contributed by atoms with Crippen LogP contribution in [-0.2, 0) is 27.8 Å². The number of amides is 1. The molecule has 0 fully saturated rings. The van der Waals surface area contributed by atoms with E-state index in [4.69, 9.17) is 9.15 Å². The third-order valence-corrected chi connectivity index (χ3v) is 7.90. The van der Waals surface area contributed by atoms with Gasteiger partial charge in [-0.05, 0) is 43.2 Å². The van der Waals surface area contributed by atoms with Crippen molar-refractivity contribution in [3.05, 3.63) is 88.9 Å². The molecule has 0 saturated carbocycles. The molecule has 2 heterocycles. The normalized spacial score (nSPS) is 15.4. The summed E-state index contributed by atoms with van der Waals surface area (Å²) in [5.41, 5.74) is 2.11. The van der Waals surface area contributed by atoms with Gasteiger partial charge in [-0.15, -0.1) is 0 Å². The molecule has 36 heavy (non-hydrogen) atoms. The lowest BCUT2D eigenvalue weighted by atomic mass is 10.1. The van der Waals surface area contributed by atoms with E-state index in [9.17, 15) is 18.0 Å². The van der Waals surface area contributed by atoms with Crippen molar-refractivity contribution in [1.82, 2.24) is 9.88 Å². The Balaban J connectivity index is 1.42. The number of nitrogens with zero attached hydrogens (tertiary/aromatic N) is 2. The summed E-state index contributed by atoms with van der Waals surface area (Å²) in [5.74, 6) is -0.659. The van der Waals surface area contributed by atoms with Crippen LogP contribution >= 0.6 is 0 Å². The summed E-state index contributed by atoms with van der Waals surface area (Å²) in [7, 11) is -4.11. The van der Waals surface area contributed by atoms with Crippen LogP contribution in [0.15, 0.2) is 86.9 Å². The Bertz CT molecular complexity index is 1580.